The lowest BCUT2D eigenvalue weighted by atomic mass is 9.86. The van der Waals surface area contributed by atoms with Crippen molar-refractivity contribution in [1.29, 1.82) is 5.26 Å². The van der Waals surface area contributed by atoms with Crippen LogP contribution in [-0.2, 0) is 4.79 Å². The molecule has 1 aromatic carbocycles. The predicted molar refractivity (Wildman–Crippen MR) is 77.8 cm³/mol. The fourth-order valence-electron chi connectivity index (χ4n) is 2.21. The van der Waals surface area contributed by atoms with Crippen LogP contribution in [0.3, 0.4) is 0 Å². The highest BCUT2D eigenvalue weighted by atomic mass is 16.2. The molecule has 0 atom stereocenters. The minimum atomic E-state index is -1.08. The number of nitrogens with zero attached hydrogens (tertiary/aromatic N) is 2. The fraction of sp³-hybridized carbons (Fsp3) is 0.250. The largest absolute Gasteiger partial charge is 0.347 e. The van der Waals surface area contributed by atoms with Crippen molar-refractivity contribution < 1.29 is 4.79 Å². The molecule has 0 unspecified atom stereocenters. The van der Waals surface area contributed by atoms with E-state index in [9.17, 15) is 4.79 Å². The zero-order valence-corrected chi connectivity index (χ0v) is 11.6. The number of allylic oxidation sites excluding steroid dienone is 2. The maximum absolute atomic E-state index is 12.0. The highest BCUT2D eigenvalue weighted by molar-refractivity contribution is 5.90. The van der Waals surface area contributed by atoms with Crippen LogP contribution < -0.4 is 5.73 Å². The molecule has 1 amide bonds. The normalized spacial score (nSPS) is 24.2. The molecule has 20 heavy (non-hydrogen) atoms. The van der Waals surface area contributed by atoms with Gasteiger partial charge < -0.3 is 10.6 Å². The Hall–Kier alpha value is -2.38. The maximum atomic E-state index is 12.0. The van der Waals surface area contributed by atoms with Gasteiger partial charge in [-0.3, -0.25) is 4.79 Å². The van der Waals surface area contributed by atoms with E-state index in [1.165, 1.54) is 4.90 Å². The molecule has 2 N–H and O–H groups in total. The summed E-state index contributed by atoms with van der Waals surface area (Å²) in [5.41, 5.74) is 6.64. The van der Waals surface area contributed by atoms with Crippen molar-refractivity contribution in [2.45, 2.75) is 11.5 Å². The van der Waals surface area contributed by atoms with Gasteiger partial charge >= 0.3 is 0 Å². The van der Waals surface area contributed by atoms with Gasteiger partial charge in [0, 0.05) is 20.0 Å². The van der Waals surface area contributed by atoms with Crippen LogP contribution in [0.5, 0.6) is 0 Å². The molecule has 0 aromatic heterocycles. The zero-order chi connectivity index (χ0) is 14.8. The van der Waals surface area contributed by atoms with Gasteiger partial charge in [0.1, 0.15) is 5.54 Å². The molecule has 0 heterocycles. The Bertz CT molecular complexity index is 609. The number of rotatable bonds is 2. The van der Waals surface area contributed by atoms with Crippen molar-refractivity contribution in [1.82, 2.24) is 4.90 Å². The molecule has 2 rings (SSSR count). The summed E-state index contributed by atoms with van der Waals surface area (Å²) in [4.78, 5) is 13.5. The first-order valence-corrected chi connectivity index (χ1v) is 6.36. The van der Waals surface area contributed by atoms with Crippen LogP contribution in [0.1, 0.15) is 17.0 Å². The van der Waals surface area contributed by atoms with Crippen LogP contribution in [0, 0.1) is 11.3 Å². The topological polar surface area (TPSA) is 70.1 Å². The van der Waals surface area contributed by atoms with E-state index in [0.717, 1.165) is 5.56 Å². The summed E-state index contributed by atoms with van der Waals surface area (Å²) in [6.07, 6.45) is 7.24. The van der Waals surface area contributed by atoms with Gasteiger partial charge in [-0.1, -0.05) is 36.4 Å². The molecule has 0 radical (unpaired) electrons. The summed E-state index contributed by atoms with van der Waals surface area (Å²) in [5, 5.41) is 8.92. The lowest BCUT2D eigenvalue weighted by Gasteiger charge is -2.28. The SMILES string of the molecule is CN(C)C(=O)C1(N)C=CC(c2cccc(C#N)c2)C=C1. The molecule has 1 aromatic rings. The highest BCUT2D eigenvalue weighted by Crippen LogP contribution is 2.26. The van der Waals surface area contributed by atoms with E-state index in [4.69, 9.17) is 11.0 Å². The lowest BCUT2D eigenvalue weighted by Crippen LogP contribution is -2.51. The molecule has 0 saturated heterocycles. The second-order valence-electron chi connectivity index (χ2n) is 5.11. The Morgan fingerprint density at radius 3 is 2.55 bits per heavy atom. The predicted octanol–water partition coefficient (Wildman–Crippen LogP) is 1.55. The third-order valence-corrected chi connectivity index (χ3v) is 3.34. The van der Waals surface area contributed by atoms with Crippen molar-refractivity contribution in [3.8, 4) is 6.07 Å². The van der Waals surface area contributed by atoms with E-state index in [0.29, 0.717) is 5.56 Å². The van der Waals surface area contributed by atoms with Gasteiger partial charge in [-0.2, -0.15) is 5.26 Å². The van der Waals surface area contributed by atoms with Crippen molar-refractivity contribution in [2.24, 2.45) is 5.73 Å². The highest BCUT2D eigenvalue weighted by Gasteiger charge is 2.32. The van der Waals surface area contributed by atoms with Crippen LogP contribution in [0.2, 0.25) is 0 Å². The number of benzene rings is 1. The van der Waals surface area contributed by atoms with Crippen LogP contribution in [0.4, 0.5) is 0 Å². The molecule has 4 nitrogen and oxygen atoms in total. The Labute approximate surface area is 118 Å². The summed E-state index contributed by atoms with van der Waals surface area (Å²) in [6.45, 7) is 0. The van der Waals surface area contributed by atoms with E-state index in [-0.39, 0.29) is 11.8 Å². The quantitative estimate of drug-likeness (QED) is 0.826. The molecule has 1 aliphatic rings. The van der Waals surface area contributed by atoms with Gasteiger partial charge in [-0.25, -0.2) is 0 Å². The molecule has 0 fully saturated rings. The van der Waals surface area contributed by atoms with E-state index < -0.39 is 5.54 Å². The first-order valence-electron chi connectivity index (χ1n) is 6.36. The summed E-state index contributed by atoms with van der Waals surface area (Å²) in [7, 11) is 3.36. The molecule has 1 aliphatic carbocycles. The van der Waals surface area contributed by atoms with Crippen molar-refractivity contribution in [2.75, 3.05) is 14.1 Å². The van der Waals surface area contributed by atoms with Crippen LogP contribution >= 0.6 is 0 Å². The average Bonchev–Trinajstić information content (AvgIpc) is 2.47. The molecule has 0 saturated carbocycles. The third kappa shape index (κ3) is 2.63. The second-order valence-corrected chi connectivity index (χ2v) is 5.11. The molecule has 0 bridgehead atoms. The molecular formula is C16H17N3O. The number of hydrogen-bond acceptors (Lipinski definition) is 3. The summed E-state index contributed by atoms with van der Waals surface area (Å²) in [5.74, 6) is -0.121. The monoisotopic (exact) mass is 267 g/mol. The minimum Gasteiger partial charge on any atom is -0.347 e. The van der Waals surface area contributed by atoms with Gasteiger partial charge in [0.2, 0.25) is 5.91 Å². The number of carbonyl (C=O) groups is 1. The Balaban J connectivity index is 2.24. The fourth-order valence-corrected chi connectivity index (χ4v) is 2.21. The second kappa shape index (κ2) is 5.32. The Kier molecular flexibility index (Phi) is 3.73. The number of carbonyl (C=O) groups excluding carboxylic acids is 1. The van der Waals surface area contributed by atoms with Gasteiger partial charge in [-0.05, 0) is 17.7 Å². The molecular weight excluding hydrogens is 250 g/mol. The first kappa shape index (κ1) is 14.0. The van der Waals surface area contributed by atoms with E-state index in [1.807, 2.05) is 30.4 Å². The van der Waals surface area contributed by atoms with Gasteiger partial charge in [-0.15, -0.1) is 0 Å². The Morgan fingerprint density at radius 1 is 1.35 bits per heavy atom. The summed E-state index contributed by atoms with van der Waals surface area (Å²) >= 11 is 0. The number of nitrogens with two attached hydrogens (primary N) is 1. The Morgan fingerprint density at radius 2 is 2.00 bits per heavy atom. The van der Waals surface area contributed by atoms with E-state index in [1.54, 1.807) is 32.3 Å². The number of amides is 1. The molecule has 0 spiro atoms. The van der Waals surface area contributed by atoms with Crippen molar-refractivity contribution in [3.63, 3.8) is 0 Å². The van der Waals surface area contributed by atoms with Crippen LogP contribution in [-0.4, -0.2) is 30.4 Å². The average molecular weight is 267 g/mol. The number of likely N-dealkylation sites (N-methyl/N-ethyl adjacent to an activating group) is 1. The van der Waals surface area contributed by atoms with Crippen LogP contribution in [0.15, 0.2) is 48.6 Å². The summed E-state index contributed by atoms with van der Waals surface area (Å²) in [6, 6.07) is 9.54. The smallest absolute Gasteiger partial charge is 0.250 e. The molecule has 102 valence electrons. The van der Waals surface area contributed by atoms with Crippen LogP contribution in [0.25, 0.3) is 0 Å². The molecule has 0 aliphatic heterocycles. The van der Waals surface area contributed by atoms with E-state index >= 15 is 0 Å². The lowest BCUT2D eigenvalue weighted by molar-refractivity contribution is -0.131. The van der Waals surface area contributed by atoms with Crippen molar-refractivity contribution in [3.05, 3.63) is 59.7 Å². The number of nitriles is 1. The van der Waals surface area contributed by atoms with Gasteiger partial charge in [0.15, 0.2) is 0 Å². The first-order chi connectivity index (χ1) is 9.46. The third-order valence-electron chi connectivity index (χ3n) is 3.34. The van der Waals surface area contributed by atoms with Gasteiger partial charge in [0.25, 0.3) is 0 Å². The van der Waals surface area contributed by atoms with E-state index in [2.05, 4.69) is 6.07 Å². The standard InChI is InChI=1S/C16H17N3O/c1-19(2)15(20)16(18)8-6-13(7-9-16)14-5-3-4-12(10-14)11-17/h3-10,13H,18H2,1-2H3. The summed E-state index contributed by atoms with van der Waals surface area (Å²) < 4.78 is 0. The van der Waals surface area contributed by atoms with Gasteiger partial charge in [0.05, 0.1) is 11.6 Å². The minimum absolute atomic E-state index is 0.0370. The molecule has 4 heteroatoms. The van der Waals surface area contributed by atoms with Crippen molar-refractivity contribution >= 4 is 5.91 Å². The number of hydrogen-bond donors (Lipinski definition) is 1. The zero-order valence-electron chi connectivity index (χ0n) is 11.6. The maximum Gasteiger partial charge on any atom is 0.250 e.